The normalized spacial score (nSPS) is 16.2. The number of anilines is 4. The Kier molecular flexibility index (Phi) is 8.80. The molecule has 2 aliphatic rings. The molecule has 2 aliphatic heterocycles. The highest BCUT2D eigenvalue weighted by Gasteiger charge is 2.37. The van der Waals surface area contributed by atoms with Gasteiger partial charge >= 0.3 is 0 Å². The molecule has 4 heterocycles. The number of fused-ring (bicyclic) bond motifs is 1. The van der Waals surface area contributed by atoms with Crippen LogP contribution in [0.2, 0.25) is 0 Å². The second-order valence-electron chi connectivity index (χ2n) is 11.2. The van der Waals surface area contributed by atoms with Crippen molar-refractivity contribution in [2.45, 2.75) is 39.2 Å². The van der Waals surface area contributed by atoms with Gasteiger partial charge in [0.25, 0.3) is 5.91 Å². The van der Waals surface area contributed by atoms with E-state index in [0.717, 1.165) is 68.4 Å². The maximum atomic E-state index is 13.3. The summed E-state index contributed by atoms with van der Waals surface area (Å²) in [6.45, 7) is 12.4. The summed E-state index contributed by atoms with van der Waals surface area (Å²) >= 11 is 0. The molecule has 41 heavy (non-hydrogen) atoms. The molecular weight excluding hydrogens is 518 g/mol. The molecule has 3 aromatic rings. The first-order valence-corrected chi connectivity index (χ1v) is 14.2. The van der Waals surface area contributed by atoms with Crippen molar-refractivity contribution in [3.8, 4) is 0 Å². The summed E-state index contributed by atoms with van der Waals surface area (Å²) in [5, 5.41) is 9.71. The molecule has 5 rings (SSSR count). The van der Waals surface area contributed by atoms with Gasteiger partial charge in [-0.05, 0) is 60.5 Å². The Morgan fingerprint density at radius 2 is 1.85 bits per heavy atom. The molecule has 10 heteroatoms. The smallest absolute Gasteiger partial charge is 0.259 e. The number of amides is 2. The lowest BCUT2D eigenvalue weighted by atomic mass is 9.87. The summed E-state index contributed by atoms with van der Waals surface area (Å²) < 4.78 is 5.41. The molecule has 1 saturated heterocycles. The zero-order valence-electron chi connectivity index (χ0n) is 24.1. The van der Waals surface area contributed by atoms with Crippen LogP contribution in [-0.2, 0) is 21.5 Å². The molecule has 1 aromatic carbocycles. The fourth-order valence-corrected chi connectivity index (χ4v) is 5.39. The van der Waals surface area contributed by atoms with Crippen LogP contribution in [0, 0.1) is 0 Å². The van der Waals surface area contributed by atoms with Crippen LogP contribution in [0.3, 0.4) is 0 Å². The van der Waals surface area contributed by atoms with E-state index < -0.39 is 0 Å². The van der Waals surface area contributed by atoms with Crippen LogP contribution in [-0.4, -0.2) is 72.6 Å². The average Bonchev–Trinajstić information content (AvgIpc) is 3.25. The monoisotopic (exact) mass is 557 g/mol. The van der Waals surface area contributed by atoms with E-state index in [4.69, 9.17) is 4.74 Å². The van der Waals surface area contributed by atoms with Gasteiger partial charge in [-0.1, -0.05) is 19.9 Å². The Bertz CT molecular complexity index is 1390. The van der Waals surface area contributed by atoms with Gasteiger partial charge in [-0.2, -0.15) is 0 Å². The number of carbonyl (C=O) groups is 2. The molecule has 0 radical (unpaired) electrons. The van der Waals surface area contributed by atoms with Crippen molar-refractivity contribution in [2.75, 3.05) is 66.8 Å². The van der Waals surface area contributed by atoms with E-state index in [9.17, 15) is 9.59 Å². The number of benzene rings is 1. The molecule has 0 unspecified atom stereocenters. The van der Waals surface area contributed by atoms with Gasteiger partial charge in [0.2, 0.25) is 5.91 Å². The number of morpholine rings is 1. The third-order valence-corrected chi connectivity index (χ3v) is 7.61. The standard InChI is InChI=1S/C31H39N7O3/c1-22(39)38-21-31(2,3)26-8-7-24(19-27(26)38)36-30(40)25-6-4-10-34-29(25)35-20-23-9-12-33-28(18-23)32-11-5-13-37-14-16-41-17-15-37/h4,6-10,12,18-19H,5,11,13-17,20-21H2,1-3H3,(H,32,33)(H,34,35)(H,36,40). The maximum absolute atomic E-state index is 13.3. The summed E-state index contributed by atoms with van der Waals surface area (Å²) in [5.41, 5.74) is 3.89. The molecular formula is C31H39N7O3. The second-order valence-corrected chi connectivity index (χ2v) is 11.2. The Morgan fingerprint density at radius 3 is 2.66 bits per heavy atom. The van der Waals surface area contributed by atoms with Gasteiger partial charge in [0.1, 0.15) is 11.6 Å². The van der Waals surface area contributed by atoms with Crippen molar-refractivity contribution in [1.82, 2.24) is 14.9 Å². The van der Waals surface area contributed by atoms with Crippen LogP contribution in [0.1, 0.15) is 48.7 Å². The Labute approximate surface area is 241 Å². The number of pyridine rings is 2. The summed E-state index contributed by atoms with van der Waals surface area (Å²) in [5.74, 6) is 1.03. The molecule has 10 nitrogen and oxygen atoms in total. The number of hydrogen-bond donors (Lipinski definition) is 3. The number of ether oxygens (including phenoxy) is 1. The molecule has 3 N–H and O–H groups in total. The number of aromatic nitrogens is 2. The molecule has 0 atom stereocenters. The van der Waals surface area contributed by atoms with Crippen LogP contribution >= 0.6 is 0 Å². The summed E-state index contributed by atoms with van der Waals surface area (Å²) in [6.07, 6.45) is 4.48. The van der Waals surface area contributed by atoms with Crippen LogP contribution in [0.15, 0.2) is 54.9 Å². The second kappa shape index (κ2) is 12.7. The minimum absolute atomic E-state index is 0.0125. The van der Waals surface area contributed by atoms with E-state index in [1.165, 1.54) is 0 Å². The summed E-state index contributed by atoms with van der Waals surface area (Å²) in [4.78, 5) is 38.6. The van der Waals surface area contributed by atoms with Crippen molar-refractivity contribution < 1.29 is 14.3 Å². The molecule has 2 amide bonds. The number of nitrogens with zero attached hydrogens (tertiary/aromatic N) is 4. The third-order valence-electron chi connectivity index (χ3n) is 7.61. The lowest BCUT2D eigenvalue weighted by molar-refractivity contribution is -0.116. The van der Waals surface area contributed by atoms with Gasteiger partial charge in [-0.25, -0.2) is 9.97 Å². The first-order chi connectivity index (χ1) is 19.8. The van der Waals surface area contributed by atoms with Gasteiger partial charge in [-0.3, -0.25) is 14.5 Å². The largest absolute Gasteiger partial charge is 0.379 e. The minimum atomic E-state index is -0.274. The van der Waals surface area contributed by atoms with Gasteiger partial charge in [0.05, 0.1) is 18.8 Å². The summed E-state index contributed by atoms with van der Waals surface area (Å²) in [7, 11) is 0. The Balaban J connectivity index is 1.19. The maximum Gasteiger partial charge on any atom is 0.259 e. The average molecular weight is 558 g/mol. The van der Waals surface area contributed by atoms with Crippen LogP contribution in [0.25, 0.3) is 0 Å². The highest BCUT2D eigenvalue weighted by atomic mass is 16.5. The lowest BCUT2D eigenvalue weighted by Gasteiger charge is -2.26. The summed E-state index contributed by atoms with van der Waals surface area (Å²) in [6, 6.07) is 13.2. The molecule has 1 fully saturated rings. The van der Waals surface area contributed by atoms with Gasteiger partial charge in [-0.15, -0.1) is 0 Å². The molecule has 216 valence electrons. The van der Waals surface area contributed by atoms with Gasteiger partial charge in [0.15, 0.2) is 0 Å². The van der Waals surface area contributed by atoms with Gasteiger partial charge < -0.3 is 25.6 Å². The van der Waals surface area contributed by atoms with E-state index in [2.05, 4.69) is 44.7 Å². The van der Waals surface area contributed by atoms with Crippen molar-refractivity contribution in [1.29, 1.82) is 0 Å². The highest BCUT2D eigenvalue weighted by molar-refractivity contribution is 6.08. The lowest BCUT2D eigenvalue weighted by Crippen LogP contribution is -2.37. The number of hydrogen-bond acceptors (Lipinski definition) is 8. The number of rotatable bonds is 10. The number of carbonyl (C=O) groups excluding carboxylic acids is 2. The SMILES string of the molecule is CC(=O)N1CC(C)(C)c2ccc(NC(=O)c3cccnc3NCc3ccnc(NCCCN4CCOCC4)c3)cc21. The fraction of sp³-hybridized carbons (Fsp3) is 0.419. The molecule has 0 bridgehead atoms. The van der Waals surface area contributed by atoms with E-state index in [1.807, 2.05) is 30.3 Å². The van der Waals surface area contributed by atoms with Crippen LogP contribution in [0.5, 0.6) is 0 Å². The molecule has 0 spiro atoms. The van der Waals surface area contributed by atoms with E-state index >= 15 is 0 Å². The van der Waals surface area contributed by atoms with Gasteiger partial charge in [0, 0.05) is 68.8 Å². The predicted molar refractivity (Wildman–Crippen MR) is 162 cm³/mol. The molecule has 0 aliphatic carbocycles. The van der Waals surface area contributed by atoms with E-state index in [0.29, 0.717) is 30.2 Å². The van der Waals surface area contributed by atoms with Crippen molar-refractivity contribution >= 4 is 34.8 Å². The fourth-order valence-electron chi connectivity index (χ4n) is 5.39. The quantitative estimate of drug-likeness (QED) is 0.319. The third kappa shape index (κ3) is 7.01. The molecule has 2 aromatic heterocycles. The topological polar surface area (TPSA) is 112 Å². The molecule has 0 saturated carbocycles. The first kappa shape index (κ1) is 28.5. The minimum Gasteiger partial charge on any atom is -0.379 e. The number of nitrogens with one attached hydrogen (secondary N) is 3. The predicted octanol–water partition coefficient (Wildman–Crippen LogP) is 4.12. The van der Waals surface area contributed by atoms with Crippen molar-refractivity contribution in [3.63, 3.8) is 0 Å². The van der Waals surface area contributed by atoms with Crippen LogP contribution in [0.4, 0.5) is 23.0 Å². The Morgan fingerprint density at radius 1 is 1.02 bits per heavy atom. The highest BCUT2D eigenvalue weighted by Crippen LogP contribution is 2.41. The van der Waals surface area contributed by atoms with E-state index in [-0.39, 0.29) is 17.2 Å². The van der Waals surface area contributed by atoms with Crippen molar-refractivity contribution in [3.05, 3.63) is 71.5 Å². The zero-order chi connectivity index (χ0) is 28.8. The van der Waals surface area contributed by atoms with Crippen LogP contribution < -0.4 is 20.9 Å². The zero-order valence-corrected chi connectivity index (χ0v) is 24.1. The van der Waals surface area contributed by atoms with E-state index in [1.54, 1.807) is 36.4 Å². The van der Waals surface area contributed by atoms with Crippen molar-refractivity contribution in [2.24, 2.45) is 0 Å². The Hall–Kier alpha value is -4.02. The first-order valence-electron chi connectivity index (χ1n) is 14.2.